The lowest BCUT2D eigenvalue weighted by molar-refractivity contribution is -0.149. The van der Waals surface area contributed by atoms with Crippen LogP contribution < -0.4 is 5.32 Å². The number of rotatable bonds is 9. The fourth-order valence-corrected chi connectivity index (χ4v) is 3.78. The lowest BCUT2D eigenvalue weighted by Gasteiger charge is -2.30. The number of halogens is 1. The van der Waals surface area contributed by atoms with E-state index in [9.17, 15) is 19.8 Å². The maximum atomic E-state index is 12.4. The summed E-state index contributed by atoms with van der Waals surface area (Å²) in [4.78, 5) is 24.3. The molecule has 0 aliphatic rings. The highest BCUT2D eigenvalue weighted by Crippen LogP contribution is 2.31. The monoisotopic (exact) mass is 461 g/mol. The van der Waals surface area contributed by atoms with Crippen molar-refractivity contribution in [3.05, 3.63) is 59.1 Å². The minimum Gasteiger partial charge on any atom is -0.481 e. The molecule has 0 aromatic heterocycles. The number of amides is 1. The number of ether oxygens (including phenoxy) is 1. The van der Waals surface area contributed by atoms with Gasteiger partial charge in [-0.2, -0.15) is 0 Å². The first kappa shape index (κ1) is 25.7. The van der Waals surface area contributed by atoms with Crippen molar-refractivity contribution in [3.8, 4) is 11.1 Å². The number of carbonyl (C=O) groups is 2. The smallest absolute Gasteiger partial charge is 0.407 e. The second-order valence-corrected chi connectivity index (χ2v) is 9.67. The Morgan fingerprint density at radius 2 is 1.69 bits per heavy atom. The van der Waals surface area contributed by atoms with Gasteiger partial charge in [-0.3, -0.25) is 4.79 Å². The first-order valence-electron chi connectivity index (χ1n) is 10.6. The van der Waals surface area contributed by atoms with Crippen molar-refractivity contribution in [3.63, 3.8) is 0 Å². The van der Waals surface area contributed by atoms with Crippen molar-refractivity contribution in [2.24, 2.45) is 5.41 Å². The van der Waals surface area contributed by atoms with Crippen molar-refractivity contribution < 1.29 is 24.5 Å². The molecular formula is C25H32ClNO5. The third kappa shape index (κ3) is 7.53. The maximum absolute atomic E-state index is 12.4. The van der Waals surface area contributed by atoms with E-state index < -0.39 is 29.1 Å². The molecule has 2 aromatic rings. The minimum atomic E-state index is -1.19. The van der Waals surface area contributed by atoms with E-state index in [0.717, 1.165) is 16.7 Å². The number of alkyl carbamates (subject to hydrolysis) is 1. The van der Waals surface area contributed by atoms with E-state index in [1.165, 1.54) is 0 Å². The summed E-state index contributed by atoms with van der Waals surface area (Å²) in [6, 6.07) is 14.8. The maximum Gasteiger partial charge on any atom is 0.407 e. The zero-order valence-electron chi connectivity index (χ0n) is 19.0. The molecule has 0 heterocycles. The van der Waals surface area contributed by atoms with Crippen LogP contribution in [-0.4, -0.2) is 40.5 Å². The SMILES string of the molecule is CC(C)(C)OC(=O)N[C@H](Cc1ccc(-c2ccccc2Cl)cc1)CC(C)(CCO)C(=O)O. The summed E-state index contributed by atoms with van der Waals surface area (Å²) in [6.07, 6.45) is 0.0392. The number of aliphatic hydroxyl groups excluding tert-OH is 1. The lowest BCUT2D eigenvalue weighted by atomic mass is 9.79. The Balaban J connectivity index is 2.24. The van der Waals surface area contributed by atoms with Crippen molar-refractivity contribution in [2.75, 3.05) is 6.61 Å². The van der Waals surface area contributed by atoms with Gasteiger partial charge < -0.3 is 20.3 Å². The Morgan fingerprint density at radius 3 is 2.22 bits per heavy atom. The second kappa shape index (κ2) is 10.8. The molecule has 0 radical (unpaired) electrons. The fraction of sp³-hybridized carbons (Fsp3) is 0.440. The lowest BCUT2D eigenvalue weighted by Crippen LogP contribution is -2.44. The molecule has 2 atom stereocenters. The fourth-order valence-electron chi connectivity index (χ4n) is 3.54. The Bertz CT molecular complexity index is 923. The quantitative estimate of drug-likeness (QED) is 0.470. The normalized spacial score (nSPS) is 14.3. The van der Waals surface area contributed by atoms with Crippen LogP contribution >= 0.6 is 11.6 Å². The highest BCUT2D eigenvalue weighted by atomic mass is 35.5. The van der Waals surface area contributed by atoms with Crippen LogP contribution in [-0.2, 0) is 16.0 Å². The van der Waals surface area contributed by atoms with Crippen molar-refractivity contribution in [2.45, 2.75) is 58.6 Å². The number of hydrogen-bond donors (Lipinski definition) is 3. The molecule has 174 valence electrons. The average Bonchev–Trinajstić information content (AvgIpc) is 2.67. The van der Waals surface area contributed by atoms with Crippen molar-refractivity contribution in [1.82, 2.24) is 5.32 Å². The molecule has 32 heavy (non-hydrogen) atoms. The Labute approximate surface area is 194 Å². The van der Waals surface area contributed by atoms with Crippen molar-refractivity contribution in [1.29, 1.82) is 0 Å². The zero-order valence-corrected chi connectivity index (χ0v) is 19.8. The van der Waals surface area contributed by atoms with Gasteiger partial charge in [-0.15, -0.1) is 0 Å². The topological polar surface area (TPSA) is 95.9 Å². The molecule has 7 heteroatoms. The van der Waals surface area contributed by atoms with Crippen LogP contribution in [0, 0.1) is 5.41 Å². The highest BCUT2D eigenvalue weighted by Gasteiger charge is 2.36. The van der Waals surface area contributed by atoms with Gasteiger partial charge in [0.25, 0.3) is 0 Å². The Morgan fingerprint density at radius 1 is 1.06 bits per heavy atom. The van der Waals surface area contributed by atoms with E-state index in [1.54, 1.807) is 27.7 Å². The summed E-state index contributed by atoms with van der Waals surface area (Å²) < 4.78 is 5.37. The predicted molar refractivity (Wildman–Crippen MR) is 126 cm³/mol. The first-order chi connectivity index (χ1) is 14.9. The number of carboxylic acids is 1. The molecule has 0 spiro atoms. The molecule has 3 N–H and O–H groups in total. The van der Waals surface area contributed by atoms with Gasteiger partial charge in [-0.05, 0) is 64.2 Å². The second-order valence-electron chi connectivity index (χ2n) is 9.27. The number of hydrogen-bond acceptors (Lipinski definition) is 4. The van der Waals surface area contributed by atoms with E-state index >= 15 is 0 Å². The van der Waals surface area contributed by atoms with Gasteiger partial charge in [0.15, 0.2) is 0 Å². The van der Waals surface area contributed by atoms with Crippen LogP contribution in [0.2, 0.25) is 5.02 Å². The van der Waals surface area contributed by atoms with Crippen LogP contribution in [0.25, 0.3) is 11.1 Å². The summed E-state index contributed by atoms with van der Waals surface area (Å²) in [5, 5.41) is 22.6. The van der Waals surface area contributed by atoms with Gasteiger partial charge in [-0.25, -0.2) is 4.79 Å². The van der Waals surface area contributed by atoms with Crippen LogP contribution in [0.4, 0.5) is 4.79 Å². The molecule has 0 saturated heterocycles. The summed E-state index contributed by atoms with van der Waals surface area (Å²) in [6.45, 7) is 6.62. The molecule has 0 aliphatic heterocycles. The number of benzene rings is 2. The third-order valence-electron chi connectivity index (χ3n) is 5.22. The van der Waals surface area contributed by atoms with Crippen molar-refractivity contribution >= 4 is 23.7 Å². The molecule has 1 amide bonds. The molecular weight excluding hydrogens is 430 g/mol. The van der Waals surface area contributed by atoms with Gasteiger partial charge in [0.2, 0.25) is 0 Å². The number of nitrogens with one attached hydrogen (secondary N) is 1. The standard InChI is InChI=1S/C25H32ClNO5/c1-24(2,3)32-23(31)27-19(16-25(4,13-14-28)22(29)30)15-17-9-11-18(12-10-17)20-7-5-6-8-21(20)26/h5-12,19,28H,13-16H2,1-4H3,(H,27,31)(H,29,30)/t19-,25?/m1/s1. The van der Waals surface area contributed by atoms with Gasteiger partial charge in [0.1, 0.15) is 5.60 Å². The van der Waals surface area contributed by atoms with Crippen LogP contribution in [0.15, 0.2) is 48.5 Å². The molecule has 1 unspecified atom stereocenters. The van der Waals surface area contributed by atoms with Gasteiger partial charge in [0, 0.05) is 23.2 Å². The molecule has 0 fully saturated rings. The third-order valence-corrected chi connectivity index (χ3v) is 5.55. The van der Waals surface area contributed by atoms with E-state index in [4.69, 9.17) is 16.3 Å². The zero-order chi connectivity index (χ0) is 23.9. The van der Waals surface area contributed by atoms with E-state index in [1.807, 2.05) is 48.5 Å². The molecule has 2 rings (SSSR count). The summed E-state index contributed by atoms with van der Waals surface area (Å²) >= 11 is 6.29. The van der Waals surface area contributed by atoms with Gasteiger partial charge >= 0.3 is 12.1 Å². The van der Waals surface area contributed by atoms with Crippen LogP contribution in [0.3, 0.4) is 0 Å². The minimum absolute atomic E-state index is 0.0836. The molecule has 0 saturated carbocycles. The van der Waals surface area contributed by atoms with E-state index in [0.29, 0.717) is 11.4 Å². The average molecular weight is 462 g/mol. The number of carboxylic acid groups (broad SMARTS) is 1. The van der Waals surface area contributed by atoms with E-state index in [-0.39, 0.29) is 19.4 Å². The van der Waals surface area contributed by atoms with Gasteiger partial charge in [-0.1, -0.05) is 54.1 Å². The Hall–Kier alpha value is -2.57. The molecule has 6 nitrogen and oxygen atoms in total. The number of aliphatic hydroxyl groups is 1. The summed E-state index contributed by atoms with van der Waals surface area (Å²) in [5.74, 6) is -1.02. The number of carbonyl (C=O) groups excluding carboxylic acids is 1. The first-order valence-corrected chi connectivity index (χ1v) is 11.0. The predicted octanol–water partition coefficient (Wildman–Crippen LogP) is 5.31. The largest absolute Gasteiger partial charge is 0.481 e. The van der Waals surface area contributed by atoms with Crippen LogP contribution in [0.1, 0.15) is 46.1 Å². The summed E-state index contributed by atoms with van der Waals surface area (Å²) in [5.41, 5.74) is 0.953. The molecule has 0 bridgehead atoms. The molecule has 0 aliphatic carbocycles. The highest BCUT2D eigenvalue weighted by molar-refractivity contribution is 6.33. The summed E-state index contributed by atoms with van der Waals surface area (Å²) in [7, 11) is 0. The Kier molecular flexibility index (Phi) is 8.70. The van der Waals surface area contributed by atoms with Crippen LogP contribution in [0.5, 0.6) is 0 Å². The molecule has 2 aromatic carbocycles. The van der Waals surface area contributed by atoms with Gasteiger partial charge in [0.05, 0.1) is 5.41 Å². The number of aliphatic carboxylic acids is 1. The van der Waals surface area contributed by atoms with E-state index in [2.05, 4.69) is 5.32 Å².